The van der Waals surface area contributed by atoms with Crippen LogP contribution in [0, 0.1) is 5.41 Å². The second kappa shape index (κ2) is 5.72. The number of hydrogen-bond donors (Lipinski definition) is 2. The number of carboxylic acid groups (broad SMARTS) is 1. The highest BCUT2D eigenvalue weighted by Crippen LogP contribution is 2.45. The van der Waals surface area contributed by atoms with Gasteiger partial charge in [0.1, 0.15) is 0 Å². The summed E-state index contributed by atoms with van der Waals surface area (Å²) in [5, 5.41) is 19.2. The van der Waals surface area contributed by atoms with Crippen LogP contribution in [0.2, 0.25) is 0 Å². The molecule has 0 bridgehead atoms. The number of amides is 1. The van der Waals surface area contributed by atoms with Crippen molar-refractivity contribution >= 4 is 11.9 Å². The number of carboxylic acids is 1. The fraction of sp³-hybridized carbons (Fsp3) is 0.867. The van der Waals surface area contributed by atoms with Crippen molar-refractivity contribution in [2.75, 3.05) is 13.1 Å². The van der Waals surface area contributed by atoms with Crippen LogP contribution >= 0.6 is 0 Å². The normalized spacial score (nSPS) is 23.4. The molecule has 20 heavy (non-hydrogen) atoms. The molecule has 2 aliphatic rings. The van der Waals surface area contributed by atoms with Gasteiger partial charge in [-0.15, -0.1) is 0 Å². The van der Waals surface area contributed by atoms with E-state index >= 15 is 0 Å². The maximum Gasteiger partial charge on any atom is 0.303 e. The van der Waals surface area contributed by atoms with Crippen molar-refractivity contribution in [3.8, 4) is 0 Å². The van der Waals surface area contributed by atoms with Gasteiger partial charge in [-0.1, -0.05) is 26.2 Å². The van der Waals surface area contributed by atoms with E-state index in [0.717, 1.165) is 38.5 Å². The van der Waals surface area contributed by atoms with Crippen LogP contribution in [0.5, 0.6) is 0 Å². The number of hydrogen-bond acceptors (Lipinski definition) is 3. The van der Waals surface area contributed by atoms with Crippen LogP contribution in [0.4, 0.5) is 0 Å². The van der Waals surface area contributed by atoms with Gasteiger partial charge in [-0.05, 0) is 24.7 Å². The van der Waals surface area contributed by atoms with Gasteiger partial charge in [-0.2, -0.15) is 0 Å². The van der Waals surface area contributed by atoms with Crippen LogP contribution in [0.15, 0.2) is 0 Å². The van der Waals surface area contributed by atoms with Crippen LogP contribution < -0.4 is 0 Å². The molecule has 1 aliphatic heterocycles. The molecule has 0 unspecified atom stereocenters. The molecule has 0 aromatic heterocycles. The van der Waals surface area contributed by atoms with E-state index in [4.69, 9.17) is 5.11 Å². The number of aliphatic carboxylic acids is 1. The molecule has 0 aromatic rings. The monoisotopic (exact) mass is 283 g/mol. The van der Waals surface area contributed by atoms with Gasteiger partial charge < -0.3 is 15.1 Å². The smallest absolute Gasteiger partial charge is 0.303 e. The molecule has 2 N–H and O–H groups in total. The Kier molecular flexibility index (Phi) is 4.37. The summed E-state index contributed by atoms with van der Waals surface area (Å²) in [5.41, 5.74) is -1.05. The van der Waals surface area contributed by atoms with Crippen LogP contribution in [0.25, 0.3) is 0 Å². The van der Waals surface area contributed by atoms with E-state index in [1.807, 2.05) is 6.92 Å². The number of carbonyl (C=O) groups is 2. The summed E-state index contributed by atoms with van der Waals surface area (Å²) in [6.07, 6.45) is 5.72. The number of likely N-dealkylation sites (tertiary alicyclic amines) is 1. The van der Waals surface area contributed by atoms with Crippen LogP contribution in [0.3, 0.4) is 0 Å². The maximum atomic E-state index is 12.3. The van der Waals surface area contributed by atoms with Crippen molar-refractivity contribution in [3.63, 3.8) is 0 Å². The predicted molar refractivity (Wildman–Crippen MR) is 74.2 cm³/mol. The van der Waals surface area contributed by atoms with Gasteiger partial charge in [0.15, 0.2) is 0 Å². The fourth-order valence-electron chi connectivity index (χ4n) is 3.76. The first-order valence-electron chi connectivity index (χ1n) is 7.60. The quantitative estimate of drug-likeness (QED) is 0.779. The number of rotatable bonds is 6. The molecule has 2 fully saturated rings. The topological polar surface area (TPSA) is 77.8 Å². The van der Waals surface area contributed by atoms with E-state index in [9.17, 15) is 14.7 Å². The lowest BCUT2D eigenvalue weighted by molar-refractivity contribution is -0.159. The molecule has 0 aromatic carbocycles. The van der Waals surface area contributed by atoms with Crippen molar-refractivity contribution in [3.05, 3.63) is 0 Å². The second-order valence-corrected chi connectivity index (χ2v) is 6.68. The minimum Gasteiger partial charge on any atom is -0.481 e. The highest BCUT2D eigenvalue weighted by Gasteiger charge is 2.45. The van der Waals surface area contributed by atoms with E-state index in [0.29, 0.717) is 19.5 Å². The molecule has 1 amide bonds. The molecule has 1 heterocycles. The summed E-state index contributed by atoms with van der Waals surface area (Å²) in [4.78, 5) is 25.0. The maximum absolute atomic E-state index is 12.3. The zero-order valence-corrected chi connectivity index (χ0v) is 12.2. The molecule has 1 saturated carbocycles. The first-order valence-corrected chi connectivity index (χ1v) is 7.60. The standard InChI is InChI=1S/C15H25NO4/c1-2-5-15(20)10-16(11-15)12(17)8-14(9-13(18)19)6-3-4-7-14/h20H,2-11H2,1H3,(H,18,19). The fourth-order valence-corrected chi connectivity index (χ4v) is 3.76. The molecule has 5 nitrogen and oxygen atoms in total. The van der Waals surface area contributed by atoms with Crippen molar-refractivity contribution in [2.24, 2.45) is 5.41 Å². The lowest BCUT2D eigenvalue weighted by atomic mass is 9.78. The molecule has 5 heteroatoms. The number of carbonyl (C=O) groups excluding carboxylic acids is 1. The van der Waals surface area contributed by atoms with E-state index in [1.54, 1.807) is 4.90 Å². The molecule has 0 atom stereocenters. The zero-order valence-electron chi connectivity index (χ0n) is 12.2. The van der Waals surface area contributed by atoms with E-state index in [1.165, 1.54) is 0 Å². The summed E-state index contributed by atoms with van der Waals surface area (Å²) in [6, 6.07) is 0. The van der Waals surface area contributed by atoms with Gasteiger partial charge in [0.2, 0.25) is 5.91 Å². The minimum absolute atomic E-state index is 0.00827. The molecule has 0 spiro atoms. The van der Waals surface area contributed by atoms with E-state index in [-0.39, 0.29) is 17.7 Å². The van der Waals surface area contributed by atoms with Crippen molar-refractivity contribution < 1.29 is 19.8 Å². The Labute approximate surface area is 120 Å². The largest absolute Gasteiger partial charge is 0.481 e. The van der Waals surface area contributed by atoms with Crippen LogP contribution in [-0.2, 0) is 9.59 Å². The SMILES string of the molecule is CCCC1(O)CN(C(=O)CC2(CC(=O)O)CCCC2)C1. The van der Waals surface area contributed by atoms with Gasteiger partial charge >= 0.3 is 5.97 Å². The van der Waals surface area contributed by atoms with Gasteiger partial charge in [0.05, 0.1) is 25.1 Å². The van der Waals surface area contributed by atoms with E-state index in [2.05, 4.69) is 0 Å². The third-order valence-corrected chi connectivity index (χ3v) is 4.76. The Morgan fingerprint density at radius 1 is 1.15 bits per heavy atom. The Balaban J connectivity index is 1.89. The predicted octanol–water partition coefficient (Wildman–Crippen LogP) is 1.78. The third kappa shape index (κ3) is 3.32. The molecule has 0 radical (unpaired) electrons. The van der Waals surface area contributed by atoms with Crippen LogP contribution in [-0.4, -0.2) is 45.7 Å². The Bertz CT molecular complexity index is 381. The van der Waals surface area contributed by atoms with Gasteiger partial charge in [0.25, 0.3) is 0 Å². The van der Waals surface area contributed by atoms with Gasteiger partial charge in [-0.3, -0.25) is 9.59 Å². The highest BCUT2D eigenvalue weighted by atomic mass is 16.4. The Hall–Kier alpha value is -1.10. The van der Waals surface area contributed by atoms with Crippen molar-refractivity contribution in [1.82, 2.24) is 4.90 Å². The lowest BCUT2D eigenvalue weighted by Gasteiger charge is -2.47. The molecule has 2 rings (SSSR count). The minimum atomic E-state index is -0.814. The number of aliphatic hydroxyl groups is 1. The first kappa shape index (κ1) is 15.3. The average Bonchev–Trinajstić information content (AvgIpc) is 2.73. The molecule has 114 valence electrons. The van der Waals surface area contributed by atoms with Gasteiger partial charge in [0, 0.05) is 6.42 Å². The number of β-amino-alcohol motifs (C(OH)–C–C–N with tert-alkyl or cyclic N) is 1. The Morgan fingerprint density at radius 2 is 1.75 bits per heavy atom. The third-order valence-electron chi connectivity index (χ3n) is 4.76. The summed E-state index contributed by atoms with van der Waals surface area (Å²) >= 11 is 0. The first-order chi connectivity index (χ1) is 9.38. The van der Waals surface area contributed by atoms with Crippen LogP contribution in [0.1, 0.15) is 58.3 Å². The molecular weight excluding hydrogens is 258 g/mol. The summed E-state index contributed by atoms with van der Waals surface area (Å²) in [6.45, 7) is 2.83. The van der Waals surface area contributed by atoms with E-state index < -0.39 is 11.6 Å². The molecular formula is C15H25NO4. The summed E-state index contributed by atoms with van der Waals surface area (Å²) < 4.78 is 0. The molecule has 1 aliphatic carbocycles. The highest BCUT2D eigenvalue weighted by molar-refractivity contribution is 5.79. The summed E-state index contributed by atoms with van der Waals surface area (Å²) in [7, 11) is 0. The average molecular weight is 283 g/mol. The zero-order chi connectivity index (χ0) is 14.8. The Morgan fingerprint density at radius 3 is 2.25 bits per heavy atom. The van der Waals surface area contributed by atoms with Crippen molar-refractivity contribution in [2.45, 2.75) is 63.9 Å². The second-order valence-electron chi connectivity index (χ2n) is 6.68. The summed E-state index contributed by atoms with van der Waals surface area (Å²) in [5.74, 6) is -0.806. The number of nitrogens with zero attached hydrogens (tertiary/aromatic N) is 1. The van der Waals surface area contributed by atoms with Crippen molar-refractivity contribution in [1.29, 1.82) is 0 Å². The molecule has 1 saturated heterocycles. The van der Waals surface area contributed by atoms with Gasteiger partial charge in [-0.25, -0.2) is 0 Å². The lowest BCUT2D eigenvalue weighted by Crippen LogP contribution is -2.63.